The third kappa shape index (κ3) is 5.73. The molecule has 2 rings (SSSR count). The van der Waals surface area contributed by atoms with Crippen LogP contribution < -0.4 is 5.32 Å². The lowest BCUT2D eigenvalue weighted by atomic mass is 10.2. The summed E-state index contributed by atoms with van der Waals surface area (Å²) in [6.07, 6.45) is 1.16. The van der Waals surface area contributed by atoms with Gasteiger partial charge in [0.05, 0.1) is 10.6 Å². The van der Waals surface area contributed by atoms with Crippen molar-refractivity contribution in [1.29, 1.82) is 0 Å². The van der Waals surface area contributed by atoms with Crippen molar-refractivity contribution >= 4 is 33.2 Å². The number of anilines is 1. The highest BCUT2D eigenvalue weighted by Crippen LogP contribution is 2.16. The number of thioether (sulfide) groups is 1. The normalized spacial score (nSPS) is 11.2. The molecule has 0 aliphatic heterocycles. The molecule has 4 nitrogen and oxygen atoms in total. The number of amides is 1. The van der Waals surface area contributed by atoms with Crippen molar-refractivity contribution in [3.8, 4) is 0 Å². The van der Waals surface area contributed by atoms with Gasteiger partial charge in [0.1, 0.15) is 0 Å². The predicted octanol–water partition coefficient (Wildman–Crippen LogP) is 3.27. The second-order valence-electron chi connectivity index (χ2n) is 5.33. The van der Waals surface area contributed by atoms with E-state index in [1.54, 1.807) is 23.9 Å². The lowest BCUT2D eigenvalue weighted by molar-refractivity contribution is -0.113. The average Bonchev–Trinajstić information content (AvgIpc) is 2.47. The van der Waals surface area contributed by atoms with Crippen molar-refractivity contribution in [3.05, 3.63) is 59.7 Å². The van der Waals surface area contributed by atoms with Gasteiger partial charge in [-0.15, -0.1) is 11.8 Å². The zero-order valence-electron chi connectivity index (χ0n) is 13.1. The van der Waals surface area contributed by atoms with E-state index >= 15 is 0 Å². The minimum Gasteiger partial charge on any atom is -0.325 e. The van der Waals surface area contributed by atoms with Crippen LogP contribution >= 0.6 is 11.8 Å². The quantitative estimate of drug-likeness (QED) is 0.869. The van der Waals surface area contributed by atoms with E-state index in [4.69, 9.17) is 0 Å². The van der Waals surface area contributed by atoms with E-state index in [9.17, 15) is 13.2 Å². The molecule has 23 heavy (non-hydrogen) atoms. The van der Waals surface area contributed by atoms with E-state index in [1.165, 1.54) is 23.3 Å². The first-order valence-electron chi connectivity index (χ1n) is 7.08. The van der Waals surface area contributed by atoms with Crippen LogP contribution in [0.25, 0.3) is 0 Å². The van der Waals surface area contributed by atoms with E-state index < -0.39 is 9.84 Å². The second kappa shape index (κ2) is 7.66. The number of nitrogens with one attached hydrogen (secondary N) is 1. The highest BCUT2D eigenvalue weighted by molar-refractivity contribution is 7.99. The lowest BCUT2D eigenvalue weighted by Gasteiger charge is -2.06. The molecule has 0 saturated heterocycles. The Bertz CT molecular complexity index is 784. The lowest BCUT2D eigenvalue weighted by Crippen LogP contribution is -2.14. The molecule has 2 aromatic carbocycles. The van der Waals surface area contributed by atoms with Gasteiger partial charge in [-0.3, -0.25) is 4.79 Å². The smallest absolute Gasteiger partial charge is 0.234 e. The van der Waals surface area contributed by atoms with Gasteiger partial charge < -0.3 is 5.32 Å². The summed E-state index contributed by atoms with van der Waals surface area (Å²) in [6.45, 7) is 2.04. The Balaban J connectivity index is 1.83. The Hall–Kier alpha value is -1.79. The number of aryl methyl sites for hydroxylation is 1. The van der Waals surface area contributed by atoms with Gasteiger partial charge in [-0.1, -0.05) is 29.8 Å². The van der Waals surface area contributed by atoms with Crippen molar-refractivity contribution in [2.75, 3.05) is 17.3 Å². The van der Waals surface area contributed by atoms with Crippen LogP contribution in [0.4, 0.5) is 5.69 Å². The van der Waals surface area contributed by atoms with Crippen LogP contribution in [0.2, 0.25) is 0 Å². The Morgan fingerprint density at radius 2 is 1.83 bits per heavy atom. The van der Waals surface area contributed by atoms with Gasteiger partial charge in [0.25, 0.3) is 0 Å². The van der Waals surface area contributed by atoms with Crippen LogP contribution in [0.5, 0.6) is 0 Å². The number of sulfone groups is 1. The summed E-state index contributed by atoms with van der Waals surface area (Å²) < 4.78 is 22.8. The maximum atomic E-state index is 11.9. The van der Waals surface area contributed by atoms with Gasteiger partial charge >= 0.3 is 0 Å². The number of rotatable bonds is 6. The van der Waals surface area contributed by atoms with Gasteiger partial charge in [0, 0.05) is 17.7 Å². The summed E-state index contributed by atoms with van der Waals surface area (Å²) in [5, 5.41) is 2.76. The number of carbonyl (C=O) groups is 1. The maximum Gasteiger partial charge on any atom is 0.234 e. The monoisotopic (exact) mass is 349 g/mol. The molecule has 0 radical (unpaired) electrons. The van der Waals surface area contributed by atoms with Crippen molar-refractivity contribution < 1.29 is 13.2 Å². The summed E-state index contributed by atoms with van der Waals surface area (Å²) >= 11 is 1.54. The topological polar surface area (TPSA) is 63.2 Å². The first kappa shape index (κ1) is 17.6. The highest BCUT2D eigenvalue weighted by Gasteiger charge is 2.07. The highest BCUT2D eigenvalue weighted by atomic mass is 32.2. The summed E-state index contributed by atoms with van der Waals surface area (Å²) in [4.78, 5) is 12.1. The third-order valence-electron chi connectivity index (χ3n) is 3.15. The number of hydrogen-bond donors (Lipinski definition) is 1. The van der Waals surface area contributed by atoms with Crippen LogP contribution in [0, 0.1) is 6.92 Å². The fourth-order valence-corrected chi connectivity index (χ4v) is 3.45. The van der Waals surface area contributed by atoms with Crippen LogP contribution in [-0.4, -0.2) is 26.3 Å². The van der Waals surface area contributed by atoms with Gasteiger partial charge in [-0.2, -0.15) is 0 Å². The molecule has 0 aliphatic rings. The molecule has 0 saturated carbocycles. The molecule has 0 atom stereocenters. The number of carbonyl (C=O) groups excluding carboxylic acids is 1. The zero-order chi connectivity index (χ0) is 16.9. The molecule has 0 fully saturated rings. The first-order chi connectivity index (χ1) is 10.8. The standard InChI is InChI=1S/C17H19NO3S2/c1-13-4-3-5-14(10-13)11-22-12-17(19)18-15-6-8-16(9-7-15)23(2,20)21/h3-10H,11-12H2,1-2H3,(H,18,19). The van der Waals surface area contributed by atoms with E-state index in [0.717, 1.165) is 12.0 Å². The molecular formula is C17H19NO3S2. The molecule has 0 bridgehead atoms. The predicted molar refractivity (Wildman–Crippen MR) is 95.5 cm³/mol. The van der Waals surface area contributed by atoms with Crippen LogP contribution in [-0.2, 0) is 20.4 Å². The Morgan fingerprint density at radius 1 is 1.13 bits per heavy atom. The molecule has 0 heterocycles. The number of benzene rings is 2. The largest absolute Gasteiger partial charge is 0.325 e. The summed E-state index contributed by atoms with van der Waals surface area (Å²) in [7, 11) is -3.21. The molecule has 2 aromatic rings. The van der Waals surface area contributed by atoms with Crippen LogP contribution in [0.15, 0.2) is 53.4 Å². The molecule has 0 aliphatic carbocycles. The van der Waals surface area contributed by atoms with Crippen molar-refractivity contribution in [2.45, 2.75) is 17.6 Å². The number of hydrogen-bond acceptors (Lipinski definition) is 4. The molecule has 1 amide bonds. The van der Waals surface area contributed by atoms with Gasteiger partial charge in [-0.05, 0) is 36.8 Å². The van der Waals surface area contributed by atoms with Gasteiger partial charge in [0.2, 0.25) is 5.91 Å². The molecule has 0 unspecified atom stereocenters. The fraction of sp³-hybridized carbons (Fsp3) is 0.235. The Labute approximate surface area is 141 Å². The SMILES string of the molecule is Cc1cccc(CSCC(=O)Nc2ccc(S(C)(=O)=O)cc2)c1. The molecule has 0 aromatic heterocycles. The second-order valence-corrected chi connectivity index (χ2v) is 8.33. The minimum absolute atomic E-state index is 0.102. The van der Waals surface area contributed by atoms with Crippen molar-refractivity contribution in [2.24, 2.45) is 0 Å². The summed E-state index contributed by atoms with van der Waals surface area (Å²) in [6, 6.07) is 14.4. The van der Waals surface area contributed by atoms with Crippen molar-refractivity contribution in [1.82, 2.24) is 0 Å². The fourth-order valence-electron chi connectivity index (χ4n) is 2.05. The maximum absolute atomic E-state index is 11.9. The van der Waals surface area contributed by atoms with E-state index in [2.05, 4.69) is 11.4 Å². The Morgan fingerprint density at radius 3 is 2.43 bits per heavy atom. The van der Waals surface area contributed by atoms with E-state index in [0.29, 0.717) is 11.4 Å². The minimum atomic E-state index is -3.21. The summed E-state index contributed by atoms with van der Waals surface area (Å²) in [5.41, 5.74) is 3.00. The molecule has 0 spiro atoms. The zero-order valence-corrected chi connectivity index (χ0v) is 14.7. The van der Waals surface area contributed by atoms with E-state index in [1.807, 2.05) is 25.1 Å². The van der Waals surface area contributed by atoms with Gasteiger partial charge in [-0.25, -0.2) is 8.42 Å². The van der Waals surface area contributed by atoms with Crippen molar-refractivity contribution in [3.63, 3.8) is 0 Å². The Kier molecular flexibility index (Phi) is 5.85. The van der Waals surface area contributed by atoms with Gasteiger partial charge in [0.15, 0.2) is 9.84 Å². The summed E-state index contributed by atoms with van der Waals surface area (Å²) in [5.74, 6) is 1.03. The molecule has 1 N–H and O–H groups in total. The molecular weight excluding hydrogens is 330 g/mol. The van der Waals surface area contributed by atoms with E-state index in [-0.39, 0.29) is 10.8 Å². The third-order valence-corrected chi connectivity index (χ3v) is 5.28. The average molecular weight is 349 g/mol. The molecule has 6 heteroatoms. The van der Waals surface area contributed by atoms with Crippen LogP contribution in [0.3, 0.4) is 0 Å². The first-order valence-corrected chi connectivity index (χ1v) is 10.1. The molecule has 122 valence electrons. The van der Waals surface area contributed by atoms with Crippen LogP contribution in [0.1, 0.15) is 11.1 Å².